The number of hydrogen-bond donors (Lipinski definition) is 3. The standard InChI is InChI=1S/C84H164O17P2/c1-8-11-12-13-14-44-51-58-65-81(86)94-71-79(101-84(89)68-61-54-47-40-39-41-48-55-62-75(4)5)73-98-102(90,91)96-69-78(85)70-97-103(92,93)99-74-80(100-83(88)67-60-53-46-38-34-30-26-22-18-16-20-24-28-32-36-43-50-57-64-77(7)10-3)72-95-82(87)66-59-52-45-37-33-29-25-21-17-15-19-23-27-31-35-42-49-56-63-76(6)9-2/h75-80,85H,8-74H2,1-7H3,(H,90,91)(H,92,93)/t76?,77?,78-,79+,80+/m0/s1. The molecule has 0 aromatic rings. The molecule has 19 heteroatoms. The Morgan fingerprint density at radius 1 is 0.282 bits per heavy atom. The van der Waals surface area contributed by atoms with Gasteiger partial charge in [-0.2, -0.15) is 0 Å². The minimum atomic E-state index is -4.96. The Bertz CT molecular complexity index is 2000. The lowest BCUT2D eigenvalue weighted by atomic mass is 9.99. The fourth-order valence-electron chi connectivity index (χ4n) is 13.0. The average molecular weight is 1510 g/mol. The lowest BCUT2D eigenvalue weighted by molar-refractivity contribution is -0.161. The van der Waals surface area contributed by atoms with Crippen LogP contribution < -0.4 is 0 Å². The van der Waals surface area contributed by atoms with Crippen LogP contribution in [0.25, 0.3) is 0 Å². The Hall–Kier alpha value is -1.94. The van der Waals surface area contributed by atoms with Crippen molar-refractivity contribution in [3.05, 3.63) is 0 Å². The van der Waals surface area contributed by atoms with Crippen LogP contribution in [0, 0.1) is 17.8 Å². The number of phosphoric ester groups is 2. The van der Waals surface area contributed by atoms with Gasteiger partial charge in [0, 0.05) is 25.7 Å². The average Bonchev–Trinajstić information content (AvgIpc) is 0.914. The summed E-state index contributed by atoms with van der Waals surface area (Å²) < 4.78 is 68.7. The summed E-state index contributed by atoms with van der Waals surface area (Å²) in [7, 11) is -9.92. The van der Waals surface area contributed by atoms with E-state index in [1.165, 1.54) is 244 Å². The number of aliphatic hydroxyl groups is 1. The van der Waals surface area contributed by atoms with E-state index >= 15 is 0 Å². The van der Waals surface area contributed by atoms with E-state index in [0.29, 0.717) is 25.7 Å². The van der Waals surface area contributed by atoms with Gasteiger partial charge in [0.2, 0.25) is 0 Å². The molecular formula is C84H164O17P2. The highest BCUT2D eigenvalue weighted by molar-refractivity contribution is 7.47. The molecule has 0 rings (SSSR count). The van der Waals surface area contributed by atoms with Crippen LogP contribution >= 0.6 is 15.6 Å². The number of aliphatic hydroxyl groups excluding tert-OH is 1. The summed E-state index contributed by atoms with van der Waals surface area (Å²) in [5.41, 5.74) is 0. The van der Waals surface area contributed by atoms with Crippen LogP contribution in [-0.4, -0.2) is 96.7 Å². The van der Waals surface area contributed by atoms with Crippen molar-refractivity contribution in [1.29, 1.82) is 0 Å². The van der Waals surface area contributed by atoms with Crippen molar-refractivity contribution in [2.75, 3.05) is 39.6 Å². The van der Waals surface area contributed by atoms with Gasteiger partial charge in [0.25, 0.3) is 0 Å². The topological polar surface area (TPSA) is 237 Å². The molecule has 612 valence electrons. The van der Waals surface area contributed by atoms with Crippen LogP contribution in [0.5, 0.6) is 0 Å². The van der Waals surface area contributed by atoms with E-state index in [1.807, 2.05) is 0 Å². The van der Waals surface area contributed by atoms with Crippen molar-refractivity contribution in [1.82, 2.24) is 0 Å². The zero-order valence-corrected chi connectivity index (χ0v) is 69.6. The number of carbonyl (C=O) groups is 4. The highest BCUT2D eigenvalue weighted by Gasteiger charge is 2.30. The quantitative estimate of drug-likeness (QED) is 0.0222. The van der Waals surface area contributed by atoms with Crippen LogP contribution in [0.1, 0.15) is 440 Å². The van der Waals surface area contributed by atoms with Crippen LogP contribution in [0.3, 0.4) is 0 Å². The molecule has 0 spiro atoms. The van der Waals surface area contributed by atoms with Gasteiger partial charge in [0.15, 0.2) is 12.2 Å². The Kier molecular flexibility index (Phi) is 72.8. The molecule has 0 bridgehead atoms. The minimum Gasteiger partial charge on any atom is -0.462 e. The summed E-state index contributed by atoms with van der Waals surface area (Å²) in [6.45, 7) is 12.0. The molecule has 17 nitrogen and oxygen atoms in total. The molecule has 0 saturated carbocycles. The van der Waals surface area contributed by atoms with Gasteiger partial charge < -0.3 is 33.8 Å². The molecule has 0 amide bonds. The number of phosphoric acid groups is 2. The molecular weight excluding hydrogens is 1340 g/mol. The largest absolute Gasteiger partial charge is 0.472 e. The predicted octanol–water partition coefficient (Wildman–Crippen LogP) is 25.3. The van der Waals surface area contributed by atoms with Gasteiger partial charge in [-0.15, -0.1) is 0 Å². The van der Waals surface area contributed by atoms with Crippen molar-refractivity contribution in [3.63, 3.8) is 0 Å². The van der Waals surface area contributed by atoms with Crippen LogP contribution in [0.2, 0.25) is 0 Å². The molecule has 7 atom stereocenters. The molecule has 0 aromatic carbocycles. The highest BCUT2D eigenvalue weighted by atomic mass is 31.2. The first-order valence-electron chi connectivity index (χ1n) is 43.4. The zero-order valence-electron chi connectivity index (χ0n) is 67.8. The molecule has 4 unspecified atom stereocenters. The summed E-state index contributed by atoms with van der Waals surface area (Å²) in [6.07, 6.45) is 64.1. The Labute approximate surface area is 632 Å². The maximum atomic E-state index is 13.1. The number of rotatable bonds is 82. The molecule has 0 saturated heterocycles. The van der Waals surface area contributed by atoms with Crippen molar-refractivity contribution in [2.45, 2.75) is 458 Å². The van der Waals surface area contributed by atoms with Gasteiger partial charge >= 0.3 is 39.5 Å². The van der Waals surface area contributed by atoms with Crippen LogP contribution in [-0.2, 0) is 65.4 Å². The second-order valence-electron chi connectivity index (χ2n) is 31.2. The smallest absolute Gasteiger partial charge is 0.462 e. The normalized spacial score (nSPS) is 14.4. The zero-order chi connectivity index (χ0) is 75.8. The third-order valence-electron chi connectivity index (χ3n) is 20.4. The Balaban J connectivity index is 5.15. The molecule has 103 heavy (non-hydrogen) atoms. The van der Waals surface area contributed by atoms with Crippen LogP contribution in [0.15, 0.2) is 0 Å². The fourth-order valence-corrected chi connectivity index (χ4v) is 14.5. The van der Waals surface area contributed by atoms with E-state index in [-0.39, 0.29) is 25.7 Å². The van der Waals surface area contributed by atoms with E-state index in [2.05, 4.69) is 48.5 Å². The van der Waals surface area contributed by atoms with Gasteiger partial charge in [-0.05, 0) is 43.4 Å². The molecule has 0 aliphatic rings. The molecule has 0 heterocycles. The van der Waals surface area contributed by atoms with Crippen molar-refractivity contribution in [3.8, 4) is 0 Å². The first-order valence-corrected chi connectivity index (χ1v) is 46.4. The number of unbranched alkanes of at least 4 members (excludes halogenated alkanes) is 48. The van der Waals surface area contributed by atoms with E-state index in [9.17, 15) is 43.2 Å². The summed E-state index contributed by atoms with van der Waals surface area (Å²) in [4.78, 5) is 72.9. The fraction of sp³-hybridized carbons (Fsp3) is 0.952. The second kappa shape index (κ2) is 74.2. The first-order chi connectivity index (χ1) is 49.8. The third-order valence-corrected chi connectivity index (χ3v) is 22.3. The van der Waals surface area contributed by atoms with E-state index in [4.69, 9.17) is 37.0 Å². The lowest BCUT2D eigenvalue weighted by Crippen LogP contribution is -2.30. The highest BCUT2D eigenvalue weighted by Crippen LogP contribution is 2.45. The Morgan fingerprint density at radius 3 is 0.738 bits per heavy atom. The summed E-state index contributed by atoms with van der Waals surface area (Å²) in [6, 6.07) is 0. The van der Waals surface area contributed by atoms with E-state index < -0.39 is 97.5 Å². The van der Waals surface area contributed by atoms with E-state index in [0.717, 1.165) is 114 Å². The second-order valence-corrected chi connectivity index (χ2v) is 34.1. The van der Waals surface area contributed by atoms with E-state index in [1.54, 1.807) is 0 Å². The van der Waals surface area contributed by atoms with Gasteiger partial charge in [0.05, 0.1) is 26.4 Å². The van der Waals surface area contributed by atoms with Crippen molar-refractivity contribution in [2.24, 2.45) is 17.8 Å². The molecule has 0 aromatic heterocycles. The number of esters is 4. The summed E-state index contributed by atoms with van der Waals surface area (Å²) in [5, 5.41) is 10.6. The molecule has 0 radical (unpaired) electrons. The maximum absolute atomic E-state index is 13.1. The van der Waals surface area contributed by atoms with Crippen LogP contribution in [0.4, 0.5) is 0 Å². The lowest BCUT2D eigenvalue weighted by Gasteiger charge is -2.21. The first kappa shape index (κ1) is 101. The van der Waals surface area contributed by atoms with Gasteiger partial charge in [-0.1, -0.05) is 389 Å². The minimum absolute atomic E-state index is 0.104. The van der Waals surface area contributed by atoms with Crippen molar-refractivity contribution >= 4 is 39.5 Å². The Morgan fingerprint density at radius 2 is 0.495 bits per heavy atom. The van der Waals surface area contributed by atoms with Gasteiger partial charge in [-0.3, -0.25) is 37.3 Å². The predicted molar refractivity (Wildman–Crippen MR) is 423 cm³/mol. The monoisotopic (exact) mass is 1510 g/mol. The molecule has 0 fully saturated rings. The molecule has 0 aliphatic heterocycles. The number of ether oxygens (including phenoxy) is 4. The van der Waals surface area contributed by atoms with Gasteiger partial charge in [0.1, 0.15) is 19.3 Å². The summed E-state index contributed by atoms with van der Waals surface area (Å²) in [5.74, 6) is 0.350. The molecule has 3 N–H and O–H groups in total. The summed E-state index contributed by atoms with van der Waals surface area (Å²) >= 11 is 0. The molecule has 0 aliphatic carbocycles. The van der Waals surface area contributed by atoms with Crippen molar-refractivity contribution < 1.29 is 80.2 Å². The third kappa shape index (κ3) is 75.3. The maximum Gasteiger partial charge on any atom is 0.472 e. The van der Waals surface area contributed by atoms with Gasteiger partial charge in [-0.25, -0.2) is 9.13 Å². The SMILES string of the molecule is CCCCCCCCCCC(=O)OC[C@H](COP(=O)(O)OC[C@H](O)COP(=O)(O)OC[C@@H](COC(=O)CCCCCCCCCCCCCCCCCCCCC(C)CC)OC(=O)CCCCCCCCCCCCCCCCCCCCC(C)CC)OC(=O)CCCCCCCCCCC(C)C. The number of hydrogen-bond acceptors (Lipinski definition) is 15. The number of carbonyl (C=O) groups excluding carboxylic acids is 4.